The van der Waals surface area contributed by atoms with Crippen molar-refractivity contribution in [3.63, 3.8) is 0 Å². The van der Waals surface area contributed by atoms with E-state index in [0.29, 0.717) is 6.04 Å². The van der Waals surface area contributed by atoms with Gasteiger partial charge in [0, 0.05) is 20.6 Å². The van der Waals surface area contributed by atoms with E-state index < -0.39 is 0 Å². The second kappa shape index (κ2) is 7.28. The molecule has 1 N–H and O–H groups in total. The Balaban J connectivity index is 1.72. The number of rotatable bonds is 4. The van der Waals surface area contributed by atoms with Gasteiger partial charge in [0.1, 0.15) is 11.5 Å². The number of fused-ring (bicyclic) bond motifs is 1. The average Bonchev–Trinajstić information content (AvgIpc) is 3.42. The van der Waals surface area contributed by atoms with Crippen LogP contribution in [-0.2, 0) is 0 Å². The molecule has 3 nitrogen and oxygen atoms in total. The van der Waals surface area contributed by atoms with Crippen LogP contribution in [0.5, 0.6) is 0 Å². The minimum atomic E-state index is 0.536. The summed E-state index contributed by atoms with van der Waals surface area (Å²) in [5.41, 5.74) is 4.70. The number of aromatic nitrogens is 2. The Morgan fingerprint density at radius 2 is 1.74 bits per heavy atom. The van der Waals surface area contributed by atoms with Gasteiger partial charge in [-0.3, -0.25) is 4.40 Å². The van der Waals surface area contributed by atoms with Gasteiger partial charge >= 0.3 is 0 Å². The fourth-order valence-corrected chi connectivity index (χ4v) is 5.45. The van der Waals surface area contributed by atoms with E-state index >= 15 is 0 Å². The summed E-state index contributed by atoms with van der Waals surface area (Å²) in [7, 11) is 0. The molecule has 0 aliphatic heterocycles. The predicted molar refractivity (Wildman–Crippen MR) is 123 cm³/mol. The van der Waals surface area contributed by atoms with E-state index in [2.05, 4.69) is 92.3 Å². The lowest BCUT2D eigenvalue weighted by molar-refractivity contribution is 0.750. The molecule has 27 heavy (non-hydrogen) atoms. The molecule has 5 heteroatoms. The number of nitrogens with zero attached hydrogens (tertiary/aromatic N) is 2. The number of benzene rings is 2. The number of anilines is 1. The molecule has 1 aliphatic rings. The van der Waals surface area contributed by atoms with E-state index in [-0.39, 0.29) is 0 Å². The van der Waals surface area contributed by atoms with Gasteiger partial charge in [0.15, 0.2) is 4.96 Å². The summed E-state index contributed by atoms with van der Waals surface area (Å²) in [5.74, 6) is 1.14. The summed E-state index contributed by atoms with van der Waals surface area (Å²) in [5, 5.41) is 6.08. The first-order valence-electron chi connectivity index (χ1n) is 9.38. The largest absolute Gasteiger partial charge is 0.367 e. The SMILES string of the molecule is Ic1ccccc1-c1nc2scc(-c3ccccc3)n2c1NC1CCCC1. The Labute approximate surface area is 176 Å². The summed E-state index contributed by atoms with van der Waals surface area (Å²) in [4.78, 5) is 6.09. The van der Waals surface area contributed by atoms with E-state index in [1.807, 2.05) is 0 Å². The highest BCUT2D eigenvalue weighted by atomic mass is 127. The van der Waals surface area contributed by atoms with Crippen LogP contribution < -0.4 is 5.32 Å². The zero-order valence-electron chi connectivity index (χ0n) is 14.9. The Morgan fingerprint density at radius 1 is 1.00 bits per heavy atom. The van der Waals surface area contributed by atoms with Crippen molar-refractivity contribution >= 4 is 44.7 Å². The molecule has 5 rings (SSSR count). The van der Waals surface area contributed by atoms with Gasteiger partial charge < -0.3 is 5.32 Å². The van der Waals surface area contributed by atoms with Crippen molar-refractivity contribution in [1.82, 2.24) is 9.38 Å². The van der Waals surface area contributed by atoms with Gasteiger partial charge in [0.2, 0.25) is 0 Å². The third-order valence-electron chi connectivity index (χ3n) is 5.26. The number of hydrogen-bond donors (Lipinski definition) is 1. The van der Waals surface area contributed by atoms with Gasteiger partial charge in [0.25, 0.3) is 0 Å². The van der Waals surface area contributed by atoms with Crippen LogP contribution in [0.1, 0.15) is 25.7 Å². The van der Waals surface area contributed by atoms with Crippen molar-refractivity contribution in [2.24, 2.45) is 0 Å². The van der Waals surface area contributed by atoms with Gasteiger partial charge in [-0.2, -0.15) is 0 Å². The smallest absolute Gasteiger partial charge is 0.196 e. The van der Waals surface area contributed by atoms with Crippen molar-refractivity contribution in [2.45, 2.75) is 31.7 Å². The van der Waals surface area contributed by atoms with Gasteiger partial charge in [0.05, 0.1) is 5.69 Å². The summed E-state index contributed by atoms with van der Waals surface area (Å²) in [6.45, 7) is 0. The quantitative estimate of drug-likeness (QED) is 0.327. The van der Waals surface area contributed by atoms with Crippen LogP contribution in [0.2, 0.25) is 0 Å². The topological polar surface area (TPSA) is 29.3 Å². The van der Waals surface area contributed by atoms with Crippen LogP contribution in [0.25, 0.3) is 27.5 Å². The van der Waals surface area contributed by atoms with Crippen LogP contribution >= 0.6 is 33.9 Å². The van der Waals surface area contributed by atoms with Crippen LogP contribution in [0, 0.1) is 3.57 Å². The maximum absolute atomic E-state index is 5.05. The fraction of sp³-hybridized carbons (Fsp3) is 0.227. The minimum absolute atomic E-state index is 0.536. The highest BCUT2D eigenvalue weighted by molar-refractivity contribution is 14.1. The van der Waals surface area contributed by atoms with Gasteiger partial charge in [-0.15, -0.1) is 11.3 Å². The summed E-state index contributed by atoms with van der Waals surface area (Å²) in [6, 6.07) is 19.7. The lowest BCUT2D eigenvalue weighted by Crippen LogP contribution is -2.16. The fourth-order valence-electron chi connectivity index (χ4n) is 3.91. The Bertz CT molecular complexity index is 1080. The number of hydrogen-bond acceptors (Lipinski definition) is 3. The van der Waals surface area contributed by atoms with Crippen molar-refractivity contribution in [3.8, 4) is 22.5 Å². The second-order valence-corrected chi connectivity index (χ2v) is 9.02. The lowest BCUT2D eigenvalue weighted by atomic mass is 10.1. The van der Waals surface area contributed by atoms with Crippen molar-refractivity contribution < 1.29 is 0 Å². The third-order valence-corrected chi connectivity index (χ3v) is 7.02. The van der Waals surface area contributed by atoms with Gasteiger partial charge in [-0.25, -0.2) is 4.98 Å². The molecule has 0 bridgehead atoms. The van der Waals surface area contributed by atoms with Crippen LogP contribution in [0.3, 0.4) is 0 Å². The summed E-state index contributed by atoms with van der Waals surface area (Å²) in [6.07, 6.45) is 5.10. The van der Waals surface area contributed by atoms with Crippen LogP contribution in [0.15, 0.2) is 60.0 Å². The molecule has 0 amide bonds. The molecule has 4 aromatic rings. The van der Waals surface area contributed by atoms with Crippen molar-refractivity contribution in [2.75, 3.05) is 5.32 Å². The molecule has 2 aromatic heterocycles. The lowest BCUT2D eigenvalue weighted by Gasteiger charge is -2.16. The van der Waals surface area contributed by atoms with Crippen molar-refractivity contribution in [1.29, 1.82) is 0 Å². The minimum Gasteiger partial charge on any atom is -0.367 e. The molecular formula is C22H20IN3S. The first-order chi connectivity index (χ1) is 13.3. The molecular weight excluding hydrogens is 465 g/mol. The molecule has 1 aliphatic carbocycles. The van der Waals surface area contributed by atoms with E-state index in [1.165, 1.54) is 46.1 Å². The molecule has 0 unspecified atom stereocenters. The van der Waals surface area contributed by atoms with Crippen molar-refractivity contribution in [3.05, 3.63) is 63.5 Å². The van der Waals surface area contributed by atoms with E-state index in [1.54, 1.807) is 11.3 Å². The zero-order valence-corrected chi connectivity index (χ0v) is 17.8. The monoisotopic (exact) mass is 485 g/mol. The predicted octanol–water partition coefficient (Wildman–Crippen LogP) is 6.69. The molecule has 1 fully saturated rings. The molecule has 0 spiro atoms. The molecule has 2 heterocycles. The second-order valence-electron chi connectivity index (χ2n) is 7.02. The molecule has 1 saturated carbocycles. The number of halogens is 1. The van der Waals surface area contributed by atoms with Gasteiger partial charge in [-0.1, -0.05) is 61.4 Å². The Hall–Kier alpha value is -1.86. The number of thiazole rings is 1. The highest BCUT2D eigenvalue weighted by Crippen LogP contribution is 2.38. The number of nitrogens with one attached hydrogen (secondary N) is 1. The van der Waals surface area contributed by atoms with E-state index in [9.17, 15) is 0 Å². The first kappa shape index (κ1) is 17.3. The Morgan fingerprint density at radius 3 is 2.52 bits per heavy atom. The van der Waals surface area contributed by atoms with Crippen LogP contribution in [0.4, 0.5) is 5.82 Å². The number of imidazole rings is 1. The maximum atomic E-state index is 5.05. The molecule has 0 saturated heterocycles. The van der Waals surface area contributed by atoms with E-state index in [0.717, 1.165) is 16.5 Å². The molecule has 0 atom stereocenters. The van der Waals surface area contributed by atoms with Crippen LogP contribution in [-0.4, -0.2) is 15.4 Å². The van der Waals surface area contributed by atoms with Gasteiger partial charge in [-0.05, 0) is 47.1 Å². The first-order valence-corrected chi connectivity index (χ1v) is 11.3. The Kier molecular flexibility index (Phi) is 4.65. The third kappa shape index (κ3) is 3.17. The average molecular weight is 485 g/mol. The molecule has 0 radical (unpaired) electrons. The molecule has 2 aromatic carbocycles. The maximum Gasteiger partial charge on any atom is 0.196 e. The summed E-state index contributed by atoms with van der Waals surface area (Å²) < 4.78 is 3.55. The summed E-state index contributed by atoms with van der Waals surface area (Å²) >= 11 is 4.13. The normalized spacial score (nSPS) is 14.9. The standard InChI is InChI=1S/C22H20IN3S/c23-18-13-7-6-12-17(18)20-21(24-16-10-4-5-11-16)26-19(14-27-22(26)25-20)15-8-2-1-3-9-15/h1-3,6-9,12-14,16,24H,4-5,10-11H2. The zero-order chi connectivity index (χ0) is 18.2. The molecule has 136 valence electrons. The van der Waals surface area contributed by atoms with E-state index in [4.69, 9.17) is 4.98 Å². The highest BCUT2D eigenvalue weighted by Gasteiger charge is 2.23.